The van der Waals surface area contributed by atoms with E-state index >= 15 is 0 Å². The van der Waals surface area contributed by atoms with E-state index in [-0.39, 0.29) is 0 Å². The monoisotopic (exact) mass is 681 g/mol. The van der Waals surface area contributed by atoms with Gasteiger partial charge in [-0.05, 0) is 75.8 Å². The third-order valence-electron chi connectivity index (χ3n) is 10.9. The molecule has 0 N–H and O–H groups in total. The minimum absolute atomic E-state index is 0.431. The summed E-state index contributed by atoms with van der Waals surface area (Å²) in [6.45, 7) is 0. The van der Waals surface area contributed by atoms with Gasteiger partial charge in [-0.2, -0.15) is 0 Å². The SMILES string of the molecule is c1ccc(N(c2ccc3c(c2)oc2ccccc23)c2cccc3c2sc2cc(C4(c5ccccc5)c5ccccc5-c5ccccc54)ccc23)cc1. The van der Waals surface area contributed by atoms with Gasteiger partial charge in [0.25, 0.3) is 0 Å². The Bertz CT molecular complexity index is 2930. The zero-order chi connectivity index (χ0) is 34.2. The van der Waals surface area contributed by atoms with E-state index in [0.717, 1.165) is 39.0 Å². The van der Waals surface area contributed by atoms with Crippen LogP contribution in [0, 0.1) is 0 Å². The van der Waals surface area contributed by atoms with Crippen molar-refractivity contribution in [3.63, 3.8) is 0 Å². The molecular weight excluding hydrogens is 651 g/mol. The number of nitrogens with zero attached hydrogens (tertiary/aromatic N) is 1. The van der Waals surface area contributed by atoms with Gasteiger partial charge in [0.05, 0.1) is 15.8 Å². The van der Waals surface area contributed by atoms with Crippen molar-refractivity contribution in [1.82, 2.24) is 0 Å². The number of furan rings is 1. The molecular formula is C49H31NOS. The molecule has 52 heavy (non-hydrogen) atoms. The van der Waals surface area contributed by atoms with Crippen molar-refractivity contribution in [2.24, 2.45) is 0 Å². The molecule has 0 spiro atoms. The van der Waals surface area contributed by atoms with Gasteiger partial charge in [-0.3, -0.25) is 0 Å². The molecule has 10 aromatic rings. The van der Waals surface area contributed by atoms with Crippen LogP contribution >= 0.6 is 11.3 Å². The number of thiophene rings is 1. The Labute approximate surface area is 305 Å². The van der Waals surface area contributed by atoms with Gasteiger partial charge in [-0.1, -0.05) is 140 Å². The fraction of sp³-hybridized carbons (Fsp3) is 0.0204. The lowest BCUT2D eigenvalue weighted by Gasteiger charge is -2.33. The summed E-state index contributed by atoms with van der Waals surface area (Å²) in [5.41, 5.74) is 12.5. The summed E-state index contributed by atoms with van der Waals surface area (Å²) >= 11 is 1.88. The molecule has 0 radical (unpaired) electrons. The van der Waals surface area contributed by atoms with Gasteiger partial charge in [-0.25, -0.2) is 0 Å². The second-order valence-corrected chi connectivity index (χ2v) is 14.7. The van der Waals surface area contributed by atoms with E-state index in [1.807, 2.05) is 23.5 Å². The highest BCUT2D eigenvalue weighted by Crippen LogP contribution is 2.57. The van der Waals surface area contributed by atoms with E-state index in [0.29, 0.717) is 0 Å². The van der Waals surface area contributed by atoms with Gasteiger partial charge < -0.3 is 9.32 Å². The van der Waals surface area contributed by atoms with Gasteiger partial charge in [0.2, 0.25) is 0 Å². The number of rotatable bonds is 5. The number of para-hydroxylation sites is 2. The van der Waals surface area contributed by atoms with Crippen molar-refractivity contribution in [3.8, 4) is 11.1 Å². The van der Waals surface area contributed by atoms with E-state index in [1.165, 1.54) is 53.6 Å². The van der Waals surface area contributed by atoms with E-state index in [4.69, 9.17) is 4.42 Å². The number of hydrogen-bond donors (Lipinski definition) is 0. The van der Waals surface area contributed by atoms with Crippen LogP contribution in [0.15, 0.2) is 192 Å². The Hall–Kier alpha value is -6.42. The molecule has 0 fully saturated rings. The first-order chi connectivity index (χ1) is 25.8. The van der Waals surface area contributed by atoms with Crippen molar-refractivity contribution in [2.75, 3.05) is 4.90 Å². The average Bonchev–Trinajstić information content (AvgIpc) is 3.87. The van der Waals surface area contributed by atoms with Crippen molar-refractivity contribution < 1.29 is 4.42 Å². The van der Waals surface area contributed by atoms with Gasteiger partial charge in [-0.15, -0.1) is 11.3 Å². The van der Waals surface area contributed by atoms with Crippen molar-refractivity contribution in [3.05, 3.63) is 210 Å². The topological polar surface area (TPSA) is 16.4 Å². The average molecular weight is 682 g/mol. The highest BCUT2D eigenvalue weighted by atomic mass is 32.1. The molecule has 2 nitrogen and oxygen atoms in total. The van der Waals surface area contributed by atoms with Crippen molar-refractivity contribution in [2.45, 2.75) is 5.41 Å². The summed E-state index contributed by atoms with van der Waals surface area (Å²) < 4.78 is 8.91. The Morgan fingerprint density at radius 1 is 0.423 bits per heavy atom. The smallest absolute Gasteiger partial charge is 0.137 e. The Kier molecular flexibility index (Phi) is 6.37. The molecule has 1 aliphatic rings. The highest BCUT2D eigenvalue weighted by molar-refractivity contribution is 7.26. The standard InChI is InChI=1S/C49H31NOS/c1-3-14-32(15-4-1)49(42-22-10-7-18-36(42)37-19-8-11-23-43(37)49)33-26-28-40-41-21-13-24-44(48(41)52-47(40)30-33)50(34-16-5-2-6-17-34)35-27-29-39-38-20-9-12-25-45(38)51-46(39)31-35/h1-31H. The molecule has 1 aliphatic carbocycles. The van der Waals surface area contributed by atoms with Crippen LogP contribution in [0.1, 0.15) is 22.3 Å². The predicted molar refractivity (Wildman–Crippen MR) is 219 cm³/mol. The third kappa shape index (κ3) is 4.11. The maximum atomic E-state index is 6.38. The normalized spacial score (nSPS) is 13.2. The van der Waals surface area contributed by atoms with E-state index in [9.17, 15) is 0 Å². The van der Waals surface area contributed by atoms with Crippen LogP contribution in [-0.2, 0) is 5.41 Å². The minimum Gasteiger partial charge on any atom is -0.456 e. The second-order valence-electron chi connectivity index (χ2n) is 13.6. The van der Waals surface area contributed by atoms with Crippen molar-refractivity contribution in [1.29, 1.82) is 0 Å². The molecule has 0 atom stereocenters. The largest absolute Gasteiger partial charge is 0.456 e. The Morgan fingerprint density at radius 2 is 1.06 bits per heavy atom. The molecule has 8 aromatic carbocycles. The van der Waals surface area contributed by atoms with Gasteiger partial charge in [0.15, 0.2) is 0 Å². The molecule has 0 aliphatic heterocycles. The molecule has 0 bridgehead atoms. The van der Waals surface area contributed by atoms with Crippen LogP contribution < -0.4 is 4.90 Å². The lowest BCUT2D eigenvalue weighted by atomic mass is 9.67. The zero-order valence-electron chi connectivity index (χ0n) is 28.2. The lowest BCUT2D eigenvalue weighted by Crippen LogP contribution is -2.28. The molecule has 0 unspecified atom stereocenters. The first-order valence-electron chi connectivity index (χ1n) is 17.8. The zero-order valence-corrected chi connectivity index (χ0v) is 29.0. The fourth-order valence-corrected chi connectivity index (χ4v) is 10.0. The van der Waals surface area contributed by atoms with Crippen molar-refractivity contribution >= 4 is 70.5 Å². The van der Waals surface area contributed by atoms with Crippen LogP contribution in [0.4, 0.5) is 17.1 Å². The molecule has 0 amide bonds. The second kappa shape index (κ2) is 11.3. The van der Waals surface area contributed by atoms with Gasteiger partial charge >= 0.3 is 0 Å². The molecule has 2 aromatic heterocycles. The Morgan fingerprint density at radius 3 is 1.85 bits per heavy atom. The summed E-state index contributed by atoms with van der Waals surface area (Å²) in [6.07, 6.45) is 0. The van der Waals surface area contributed by atoms with Gasteiger partial charge in [0, 0.05) is 43.7 Å². The van der Waals surface area contributed by atoms with E-state index in [1.54, 1.807) is 0 Å². The number of anilines is 3. The minimum atomic E-state index is -0.431. The summed E-state index contributed by atoms with van der Waals surface area (Å²) in [4.78, 5) is 2.38. The molecule has 2 heterocycles. The van der Waals surface area contributed by atoms with Crippen LogP contribution in [0.25, 0.3) is 53.2 Å². The quantitative estimate of drug-likeness (QED) is 0.180. The summed E-state index contributed by atoms with van der Waals surface area (Å²) in [5.74, 6) is 0. The van der Waals surface area contributed by atoms with Crippen LogP contribution in [0.5, 0.6) is 0 Å². The molecule has 11 rings (SSSR count). The predicted octanol–water partition coefficient (Wildman–Crippen LogP) is 13.8. The summed E-state index contributed by atoms with van der Waals surface area (Å²) in [6, 6.07) is 68.4. The summed E-state index contributed by atoms with van der Waals surface area (Å²) in [5, 5.41) is 4.80. The van der Waals surface area contributed by atoms with Crippen LogP contribution in [0.3, 0.4) is 0 Å². The highest BCUT2D eigenvalue weighted by Gasteiger charge is 2.46. The third-order valence-corrected chi connectivity index (χ3v) is 12.1. The molecule has 244 valence electrons. The Balaban J connectivity index is 1.14. The summed E-state index contributed by atoms with van der Waals surface area (Å²) in [7, 11) is 0. The van der Waals surface area contributed by atoms with Crippen LogP contribution in [-0.4, -0.2) is 0 Å². The fourth-order valence-electron chi connectivity index (χ4n) is 8.76. The number of fused-ring (bicyclic) bond motifs is 9. The molecule has 0 saturated heterocycles. The maximum absolute atomic E-state index is 6.38. The molecule has 3 heteroatoms. The van der Waals surface area contributed by atoms with E-state index < -0.39 is 5.41 Å². The number of benzene rings is 8. The first kappa shape index (κ1) is 29.3. The lowest BCUT2D eigenvalue weighted by molar-refractivity contribution is 0.669. The van der Waals surface area contributed by atoms with Gasteiger partial charge in [0.1, 0.15) is 11.2 Å². The maximum Gasteiger partial charge on any atom is 0.137 e. The number of hydrogen-bond acceptors (Lipinski definition) is 3. The molecule has 0 saturated carbocycles. The van der Waals surface area contributed by atoms with Crippen LogP contribution in [0.2, 0.25) is 0 Å². The first-order valence-corrected chi connectivity index (χ1v) is 18.6. The van der Waals surface area contributed by atoms with E-state index in [2.05, 4.69) is 181 Å².